The second-order valence-electron chi connectivity index (χ2n) is 6.38. The normalized spacial score (nSPS) is 10.4. The van der Waals surface area contributed by atoms with Crippen LogP contribution in [0.25, 0.3) is 33.5 Å². The van der Waals surface area contributed by atoms with Crippen molar-refractivity contribution in [2.75, 3.05) is 5.73 Å². The van der Waals surface area contributed by atoms with Gasteiger partial charge in [0.25, 0.3) is 0 Å². The predicted octanol–water partition coefficient (Wildman–Crippen LogP) is 6.19. The van der Waals surface area contributed by atoms with Crippen LogP contribution in [0.4, 0.5) is 5.82 Å². The minimum Gasteiger partial charge on any atom is -0.383 e. The molecule has 134 valence electrons. The Hall–Kier alpha value is -3.61. The van der Waals surface area contributed by atoms with Gasteiger partial charge in [-0.15, -0.1) is 0 Å². The number of nitrogens with two attached hydrogens (primary N) is 1. The summed E-state index contributed by atoms with van der Waals surface area (Å²) in [5, 5.41) is 10.2. The van der Waals surface area contributed by atoms with Crippen LogP contribution in [0.15, 0.2) is 84.9 Å². The van der Waals surface area contributed by atoms with Crippen LogP contribution in [0.1, 0.15) is 5.56 Å². The average molecular weight is 382 g/mol. The van der Waals surface area contributed by atoms with Crippen LogP contribution in [0.2, 0.25) is 5.02 Å². The van der Waals surface area contributed by atoms with E-state index in [9.17, 15) is 5.26 Å². The largest absolute Gasteiger partial charge is 0.383 e. The van der Waals surface area contributed by atoms with Gasteiger partial charge in [-0.2, -0.15) is 5.26 Å². The minimum atomic E-state index is 0.210. The molecule has 4 heteroatoms. The summed E-state index contributed by atoms with van der Waals surface area (Å²) < 4.78 is 0. The number of nitriles is 1. The van der Waals surface area contributed by atoms with E-state index in [4.69, 9.17) is 17.3 Å². The molecule has 0 bridgehead atoms. The van der Waals surface area contributed by atoms with Crippen molar-refractivity contribution < 1.29 is 0 Å². The molecule has 0 radical (unpaired) electrons. The number of nitrogen functional groups attached to an aromatic ring is 1. The number of aromatic nitrogens is 1. The topological polar surface area (TPSA) is 62.7 Å². The molecule has 0 spiro atoms. The Balaban J connectivity index is 1.81. The van der Waals surface area contributed by atoms with Crippen LogP contribution in [0.5, 0.6) is 0 Å². The molecule has 0 saturated carbocycles. The third-order valence-corrected chi connectivity index (χ3v) is 4.82. The van der Waals surface area contributed by atoms with Gasteiger partial charge in [0.1, 0.15) is 17.5 Å². The fourth-order valence-electron chi connectivity index (χ4n) is 3.18. The third kappa shape index (κ3) is 3.46. The monoisotopic (exact) mass is 381 g/mol. The maximum absolute atomic E-state index is 9.61. The summed E-state index contributed by atoms with van der Waals surface area (Å²) in [7, 11) is 0. The van der Waals surface area contributed by atoms with Crippen molar-refractivity contribution >= 4 is 17.4 Å². The molecule has 0 aliphatic heterocycles. The molecular weight excluding hydrogens is 366 g/mol. The molecule has 0 saturated heterocycles. The molecule has 3 aromatic carbocycles. The second-order valence-corrected chi connectivity index (χ2v) is 6.82. The highest BCUT2D eigenvalue weighted by atomic mass is 35.5. The molecule has 0 fully saturated rings. The number of pyridine rings is 1. The summed E-state index contributed by atoms with van der Waals surface area (Å²) in [6.45, 7) is 0. The number of benzene rings is 3. The minimum absolute atomic E-state index is 0.210. The van der Waals surface area contributed by atoms with Gasteiger partial charge >= 0.3 is 0 Å². The van der Waals surface area contributed by atoms with Crippen molar-refractivity contribution in [1.82, 2.24) is 4.98 Å². The summed E-state index contributed by atoms with van der Waals surface area (Å²) in [4.78, 5) is 4.40. The second kappa shape index (κ2) is 7.56. The molecule has 1 heterocycles. The van der Waals surface area contributed by atoms with E-state index in [2.05, 4.69) is 23.2 Å². The number of anilines is 1. The number of nitrogens with zero attached hydrogens (tertiary/aromatic N) is 2. The van der Waals surface area contributed by atoms with Gasteiger partial charge in [0.05, 0.1) is 5.69 Å². The van der Waals surface area contributed by atoms with Gasteiger partial charge in [-0.1, -0.05) is 78.3 Å². The molecule has 4 rings (SSSR count). The van der Waals surface area contributed by atoms with E-state index in [1.807, 2.05) is 66.7 Å². The SMILES string of the molecule is N#Cc1c(-c2ccc(-c3ccccc3)cc2)cc(-c2cccc(Cl)c2)nc1N. The molecule has 0 unspecified atom stereocenters. The van der Waals surface area contributed by atoms with E-state index < -0.39 is 0 Å². The van der Waals surface area contributed by atoms with E-state index in [-0.39, 0.29) is 5.82 Å². The molecule has 1 aromatic heterocycles. The standard InChI is InChI=1S/C24H16ClN3/c25-20-8-4-7-19(13-20)23-14-21(22(15-26)24(27)28-23)18-11-9-17(10-12-18)16-5-2-1-3-6-16/h1-14H,(H2,27,28). The van der Waals surface area contributed by atoms with Crippen LogP contribution in [-0.2, 0) is 0 Å². The molecule has 0 atom stereocenters. The smallest absolute Gasteiger partial charge is 0.142 e. The number of halogens is 1. The highest BCUT2D eigenvalue weighted by Gasteiger charge is 2.14. The van der Waals surface area contributed by atoms with Gasteiger partial charge in [0.2, 0.25) is 0 Å². The van der Waals surface area contributed by atoms with Gasteiger partial charge in [-0.05, 0) is 34.9 Å². The maximum Gasteiger partial charge on any atom is 0.142 e. The van der Waals surface area contributed by atoms with Crippen LogP contribution in [0, 0.1) is 11.3 Å². The van der Waals surface area contributed by atoms with Crippen molar-refractivity contribution in [1.29, 1.82) is 5.26 Å². The number of hydrogen-bond acceptors (Lipinski definition) is 3. The predicted molar refractivity (Wildman–Crippen MR) is 115 cm³/mol. The third-order valence-electron chi connectivity index (χ3n) is 4.58. The molecule has 0 amide bonds. The summed E-state index contributed by atoms with van der Waals surface area (Å²) in [5.74, 6) is 0.210. The van der Waals surface area contributed by atoms with Gasteiger partial charge in [0, 0.05) is 16.1 Å². The zero-order chi connectivity index (χ0) is 19.5. The lowest BCUT2D eigenvalue weighted by molar-refractivity contribution is 1.31. The first kappa shape index (κ1) is 17.8. The maximum atomic E-state index is 9.61. The number of hydrogen-bond donors (Lipinski definition) is 1. The first-order valence-corrected chi connectivity index (χ1v) is 9.16. The quantitative estimate of drug-likeness (QED) is 0.460. The van der Waals surface area contributed by atoms with Crippen LogP contribution in [0.3, 0.4) is 0 Å². The summed E-state index contributed by atoms with van der Waals surface area (Å²) in [6, 6.07) is 29.7. The van der Waals surface area contributed by atoms with Crippen molar-refractivity contribution in [2.24, 2.45) is 0 Å². The van der Waals surface area contributed by atoms with Crippen molar-refractivity contribution in [3.05, 3.63) is 95.5 Å². The Morgan fingerprint density at radius 2 is 1.39 bits per heavy atom. The zero-order valence-corrected chi connectivity index (χ0v) is 15.7. The number of rotatable bonds is 3. The lowest BCUT2D eigenvalue weighted by Gasteiger charge is -2.11. The van der Waals surface area contributed by atoms with Gasteiger partial charge in [-0.3, -0.25) is 0 Å². The molecule has 2 N–H and O–H groups in total. The van der Waals surface area contributed by atoms with E-state index in [1.54, 1.807) is 6.07 Å². The first-order chi connectivity index (χ1) is 13.7. The highest BCUT2D eigenvalue weighted by molar-refractivity contribution is 6.30. The van der Waals surface area contributed by atoms with E-state index in [0.29, 0.717) is 16.3 Å². The fourth-order valence-corrected chi connectivity index (χ4v) is 3.37. The molecule has 0 aliphatic carbocycles. The summed E-state index contributed by atoms with van der Waals surface area (Å²) in [5.41, 5.74) is 11.9. The van der Waals surface area contributed by atoms with E-state index in [0.717, 1.165) is 27.8 Å². The van der Waals surface area contributed by atoms with Crippen LogP contribution in [-0.4, -0.2) is 4.98 Å². The molecule has 4 aromatic rings. The Morgan fingerprint density at radius 3 is 2.07 bits per heavy atom. The summed E-state index contributed by atoms with van der Waals surface area (Å²) >= 11 is 6.11. The van der Waals surface area contributed by atoms with Crippen molar-refractivity contribution in [3.8, 4) is 39.6 Å². The lowest BCUT2D eigenvalue weighted by atomic mass is 9.96. The van der Waals surface area contributed by atoms with Crippen molar-refractivity contribution in [2.45, 2.75) is 0 Å². The van der Waals surface area contributed by atoms with E-state index >= 15 is 0 Å². The fraction of sp³-hybridized carbons (Fsp3) is 0. The highest BCUT2D eigenvalue weighted by Crippen LogP contribution is 2.33. The van der Waals surface area contributed by atoms with Gasteiger partial charge < -0.3 is 5.73 Å². The van der Waals surface area contributed by atoms with E-state index in [1.165, 1.54) is 0 Å². The first-order valence-electron chi connectivity index (χ1n) is 8.78. The Labute approximate surface area is 168 Å². The Kier molecular flexibility index (Phi) is 4.80. The molecular formula is C24H16ClN3. The molecule has 0 aliphatic rings. The Morgan fingerprint density at radius 1 is 0.750 bits per heavy atom. The van der Waals surface area contributed by atoms with Crippen LogP contribution >= 0.6 is 11.6 Å². The van der Waals surface area contributed by atoms with Gasteiger partial charge in [-0.25, -0.2) is 4.98 Å². The average Bonchev–Trinajstić information content (AvgIpc) is 2.74. The van der Waals surface area contributed by atoms with Crippen LogP contribution < -0.4 is 5.73 Å². The van der Waals surface area contributed by atoms with Crippen molar-refractivity contribution in [3.63, 3.8) is 0 Å². The molecule has 3 nitrogen and oxygen atoms in total. The molecule has 28 heavy (non-hydrogen) atoms. The summed E-state index contributed by atoms with van der Waals surface area (Å²) in [6.07, 6.45) is 0. The lowest BCUT2D eigenvalue weighted by Crippen LogP contribution is -1.99. The Bertz CT molecular complexity index is 1180. The zero-order valence-electron chi connectivity index (χ0n) is 14.9. The van der Waals surface area contributed by atoms with Gasteiger partial charge in [0.15, 0.2) is 0 Å².